The monoisotopic (exact) mass is 205 g/mol. The molecule has 80 valence electrons. The van der Waals surface area contributed by atoms with E-state index in [1.165, 1.54) is 0 Å². The Morgan fingerprint density at radius 1 is 1.47 bits per heavy atom. The minimum Gasteiger partial charge on any atom is -0.480 e. The van der Waals surface area contributed by atoms with E-state index in [1.54, 1.807) is 19.1 Å². The maximum atomic E-state index is 10.8. The largest absolute Gasteiger partial charge is 0.480 e. The van der Waals surface area contributed by atoms with E-state index in [1.807, 2.05) is 30.3 Å². The Kier molecular flexibility index (Phi) is 4.57. The normalized spacial score (nSPS) is 12.9. The number of benzene rings is 1. The standard InChI is InChI=1S/C12H15NO2/c1-2-6-11(12(14)15)13-9-10-7-4-3-5-8-10/h2-8,11,13H,9H2,1H3,(H,14,15). The Bertz CT molecular complexity index is 333. The molecule has 15 heavy (non-hydrogen) atoms. The van der Waals surface area contributed by atoms with Gasteiger partial charge in [-0.05, 0) is 12.5 Å². The molecule has 0 fully saturated rings. The molecular formula is C12H15NO2. The van der Waals surface area contributed by atoms with Gasteiger partial charge in [-0.15, -0.1) is 0 Å². The van der Waals surface area contributed by atoms with Crippen LogP contribution in [0.25, 0.3) is 0 Å². The van der Waals surface area contributed by atoms with Crippen LogP contribution in [0.2, 0.25) is 0 Å². The summed E-state index contributed by atoms with van der Waals surface area (Å²) in [5.74, 6) is -0.857. The first-order chi connectivity index (χ1) is 7.24. The second-order valence-corrected chi connectivity index (χ2v) is 3.21. The predicted molar refractivity (Wildman–Crippen MR) is 59.5 cm³/mol. The first-order valence-corrected chi connectivity index (χ1v) is 4.87. The van der Waals surface area contributed by atoms with Crippen LogP contribution in [0.5, 0.6) is 0 Å². The second kappa shape index (κ2) is 5.98. The summed E-state index contributed by atoms with van der Waals surface area (Å²) in [6, 6.07) is 9.10. The highest BCUT2D eigenvalue weighted by molar-refractivity contribution is 5.75. The number of allylic oxidation sites excluding steroid dienone is 1. The summed E-state index contributed by atoms with van der Waals surface area (Å²) in [4.78, 5) is 10.8. The molecule has 0 saturated heterocycles. The fraction of sp³-hybridized carbons (Fsp3) is 0.250. The molecule has 3 nitrogen and oxygen atoms in total. The van der Waals surface area contributed by atoms with Crippen LogP contribution in [0, 0.1) is 0 Å². The molecule has 1 rings (SSSR count). The zero-order chi connectivity index (χ0) is 11.1. The predicted octanol–water partition coefficient (Wildman–Crippen LogP) is 1.81. The van der Waals surface area contributed by atoms with Crippen LogP contribution in [0.15, 0.2) is 42.5 Å². The van der Waals surface area contributed by atoms with Crippen LogP contribution in [-0.4, -0.2) is 17.1 Å². The van der Waals surface area contributed by atoms with E-state index < -0.39 is 12.0 Å². The molecule has 0 spiro atoms. The third-order valence-electron chi connectivity index (χ3n) is 2.02. The molecule has 1 aromatic rings. The summed E-state index contributed by atoms with van der Waals surface area (Å²) < 4.78 is 0. The Labute approximate surface area is 89.4 Å². The molecule has 3 heteroatoms. The zero-order valence-electron chi connectivity index (χ0n) is 8.68. The van der Waals surface area contributed by atoms with E-state index in [0.29, 0.717) is 6.54 Å². The molecule has 1 aromatic carbocycles. The van der Waals surface area contributed by atoms with Gasteiger partial charge in [0.25, 0.3) is 0 Å². The van der Waals surface area contributed by atoms with E-state index >= 15 is 0 Å². The summed E-state index contributed by atoms with van der Waals surface area (Å²) in [5.41, 5.74) is 1.08. The minimum absolute atomic E-state index is 0.558. The van der Waals surface area contributed by atoms with E-state index in [-0.39, 0.29) is 0 Å². The number of hydrogen-bond acceptors (Lipinski definition) is 2. The van der Waals surface area contributed by atoms with Crippen LogP contribution in [-0.2, 0) is 11.3 Å². The van der Waals surface area contributed by atoms with Crippen LogP contribution in [0.4, 0.5) is 0 Å². The van der Waals surface area contributed by atoms with Crippen molar-refractivity contribution in [2.75, 3.05) is 0 Å². The molecule has 0 aliphatic rings. The molecule has 0 saturated carbocycles. The molecule has 2 N–H and O–H groups in total. The van der Waals surface area contributed by atoms with Gasteiger partial charge in [-0.1, -0.05) is 42.5 Å². The fourth-order valence-electron chi connectivity index (χ4n) is 1.25. The lowest BCUT2D eigenvalue weighted by molar-refractivity contribution is -0.138. The number of carbonyl (C=O) groups is 1. The van der Waals surface area contributed by atoms with Gasteiger partial charge in [-0.3, -0.25) is 10.1 Å². The molecule has 0 aromatic heterocycles. The van der Waals surface area contributed by atoms with Gasteiger partial charge in [0.2, 0.25) is 0 Å². The average molecular weight is 205 g/mol. The topological polar surface area (TPSA) is 49.3 Å². The lowest BCUT2D eigenvalue weighted by Crippen LogP contribution is -2.34. The number of nitrogens with one attached hydrogen (secondary N) is 1. The average Bonchev–Trinajstić information content (AvgIpc) is 2.25. The Morgan fingerprint density at radius 3 is 2.67 bits per heavy atom. The van der Waals surface area contributed by atoms with Crippen molar-refractivity contribution in [3.05, 3.63) is 48.0 Å². The highest BCUT2D eigenvalue weighted by Gasteiger charge is 2.11. The lowest BCUT2D eigenvalue weighted by atomic mass is 10.2. The molecule has 0 bridgehead atoms. The van der Waals surface area contributed by atoms with E-state index in [0.717, 1.165) is 5.56 Å². The lowest BCUT2D eigenvalue weighted by Gasteiger charge is -2.09. The third kappa shape index (κ3) is 3.95. The molecule has 0 aliphatic carbocycles. The van der Waals surface area contributed by atoms with Crippen molar-refractivity contribution in [3.63, 3.8) is 0 Å². The van der Waals surface area contributed by atoms with Gasteiger partial charge < -0.3 is 5.11 Å². The second-order valence-electron chi connectivity index (χ2n) is 3.21. The Balaban J connectivity index is 2.51. The van der Waals surface area contributed by atoms with Gasteiger partial charge >= 0.3 is 5.97 Å². The number of carboxylic acids is 1. The highest BCUT2D eigenvalue weighted by atomic mass is 16.4. The van der Waals surface area contributed by atoms with Crippen LogP contribution >= 0.6 is 0 Å². The van der Waals surface area contributed by atoms with E-state index in [2.05, 4.69) is 5.32 Å². The molecule has 1 atom stereocenters. The third-order valence-corrected chi connectivity index (χ3v) is 2.02. The van der Waals surface area contributed by atoms with Crippen LogP contribution in [0.1, 0.15) is 12.5 Å². The molecular weight excluding hydrogens is 190 g/mol. The quantitative estimate of drug-likeness (QED) is 0.721. The van der Waals surface area contributed by atoms with Gasteiger partial charge in [0.05, 0.1) is 0 Å². The van der Waals surface area contributed by atoms with Gasteiger partial charge in [0, 0.05) is 6.54 Å². The first-order valence-electron chi connectivity index (χ1n) is 4.87. The summed E-state index contributed by atoms with van der Waals surface area (Å²) in [5, 5.41) is 11.8. The van der Waals surface area contributed by atoms with E-state index in [4.69, 9.17) is 5.11 Å². The molecule has 0 heterocycles. The molecule has 0 amide bonds. The summed E-state index contributed by atoms with van der Waals surface area (Å²) in [7, 11) is 0. The van der Waals surface area contributed by atoms with Gasteiger partial charge in [-0.25, -0.2) is 0 Å². The maximum Gasteiger partial charge on any atom is 0.324 e. The highest BCUT2D eigenvalue weighted by Crippen LogP contribution is 1.99. The smallest absolute Gasteiger partial charge is 0.324 e. The molecule has 0 radical (unpaired) electrons. The number of aliphatic carboxylic acids is 1. The van der Waals surface area contributed by atoms with Crippen molar-refractivity contribution in [1.82, 2.24) is 5.32 Å². The Morgan fingerprint density at radius 2 is 2.13 bits per heavy atom. The summed E-state index contributed by atoms with van der Waals surface area (Å²) >= 11 is 0. The molecule has 0 aliphatic heterocycles. The van der Waals surface area contributed by atoms with Gasteiger partial charge in [0.1, 0.15) is 6.04 Å². The van der Waals surface area contributed by atoms with Crippen LogP contribution < -0.4 is 5.32 Å². The van der Waals surface area contributed by atoms with Crippen molar-refractivity contribution in [3.8, 4) is 0 Å². The maximum absolute atomic E-state index is 10.8. The van der Waals surface area contributed by atoms with Crippen molar-refractivity contribution in [1.29, 1.82) is 0 Å². The Hall–Kier alpha value is -1.61. The SMILES string of the molecule is CC=CC(NCc1ccccc1)C(=O)O. The fourth-order valence-corrected chi connectivity index (χ4v) is 1.25. The van der Waals surface area contributed by atoms with Crippen molar-refractivity contribution >= 4 is 5.97 Å². The number of carboxylic acid groups (broad SMARTS) is 1. The van der Waals surface area contributed by atoms with Crippen molar-refractivity contribution in [2.45, 2.75) is 19.5 Å². The number of rotatable bonds is 5. The first kappa shape index (κ1) is 11.5. The summed E-state index contributed by atoms with van der Waals surface area (Å²) in [6.07, 6.45) is 3.36. The van der Waals surface area contributed by atoms with Gasteiger partial charge in [-0.2, -0.15) is 0 Å². The van der Waals surface area contributed by atoms with Crippen LogP contribution in [0.3, 0.4) is 0 Å². The summed E-state index contributed by atoms with van der Waals surface area (Å²) in [6.45, 7) is 2.36. The zero-order valence-corrected chi connectivity index (χ0v) is 8.68. The minimum atomic E-state index is -0.857. The van der Waals surface area contributed by atoms with Gasteiger partial charge in [0.15, 0.2) is 0 Å². The number of hydrogen-bond donors (Lipinski definition) is 2. The van der Waals surface area contributed by atoms with Crippen molar-refractivity contribution in [2.24, 2.45) is 0 Å². The molecule has 1 unspecified atom stereocenters. The van der Waals surface area contributed by atoms with E-state index in [9.17, 15) is 4.79 Å². The van der Waals surface area contributed by atoms with Crippen molar-refractivity contribution < 1.29 is 9.90 Å².